The van der Waals surface area contributed by atoms with Gasteiger partial charge in [-0.25, -0.2) is 4.39 Å². The normalized spacial score (nSPS) is 10.2. The highest BCUT2D eigenvalue weighted by Gasteiger charge is 2.20. The SMILES string of the molecule is COC(=O)CC(CC(=O)OC)c1ccc(F)cc1. The van der Waals surface area contributed by atoms with Crippen LogP contribution in [0.5, 0.6) is 0 Å². The molecule has 4 nitrogen and oxygen atoms in total. The van der Waals surface area contributed by atoms with E-state index in [1.54, 1.807) is 12.1 Å². The Labute approximate surface area is 105 Å². The minimum absolute atomic E-state index is 0.0528. The molecule has 0 aliphatic rings. The van der Waals surface area contributed by atoms with Crippen LogP contribution in [0.3, 0.4) is 0 Å². The maximum absolute atomic E-state index is 12.8. The fourth-order valence-corrected chi connectivity index (χ4v) is 1.61. The van der Waals surface area contributed by atoms with Gasteiger partial charge in [0.05, 0.1) is 27.1 Å². The number of rotatable bonds is 5. The minimum atomic E-state index is -0.423. The Hall–Kier alpha value is -1.91. The first-order valence-corrected chi connectivity index (χ1v) is 5.46. The van der Waals surface area contributed by atoms with Crippen LogP contribution in [0.25, 0.3) is 0 Å². The molecule has 0 saturated heterocycles. The van der Waals surface area contributed by atoms with Gasteiger partial charge < -0.3 is 9.47 Å². The third-order valence-corrected chi connectivity index (χ3v) is 2.62. The van der Waals surface area contributed by atoms with E-state index in [9.17, 15) is 14.0 Å². The predicted octanol–water partition coefficient (Wildman–Crippen LogP) is 2.04. The average molecular weight is 254 g/mol. The second kappa shape index (κ2) is 6.74. The van der Waals surface area contributed by atoms with Crippen molar-refractivity contribution in [3.8, 4) is 0 Å². The molecule has 18 heavy (non-hydrogen) atoms. The van der Waals surface area contributed by atoms with E-state index in [1.165, 1.54) is 26.4 Å². The van der Waals surface area contributed by atoms with Gasteiger partial charge in [0.2, 0.25) is 0 Å². The zero-order valence-electron chi connectivity index (χ0n) is 10.3. The number of methoxy groups -OCH3 is 2. The Morgan fingerprint density at radius 1 is 1.06 bits per heavy atom. The summed E-state index contributed by atoms with van der Waals surface area (Å²) in [5.74, 6) is -1.58. The molecule has 0 aromatic heterocycles. The molecule has 1 aromatic carbocycles. The van der Waals surface area contributed by atoms with Gasteiger partial charge in [0, 0.05) is 5.92 Å². The number of esters is 2. The van der Waals surface area contributed by atoms with Crippen molar-refractivity contribution in [2.24, 2.45) is 0 Å². The van der Waals surface area contributed by atoms with Crippen molar-refractivity contribution in [1.82, 2.24) is 0 Å². The molecule has 0 unspecified atom stereocenters. The standard InChI is InChI=1S/C13H15FO4/c1-17-12(15)7-10(8-13(16)18-2)9-3-5-11(14)6-4-9/h3-6,10H,7-8H2,1-2H3. The molecule has 0 fully saturated rings. The molecule has 5 heteroatoms. The van der Waals surface area contributed by atoms with E-state index < -0.39 is 11.9 Å². The largest absolute Gasteiger partial charge is 0.469 e. The summed E-state index contributed by atoms with van der Waals surface area (Å²) in [5.41, 5.74) is 0.701. The van der Waals surface area contributed by atoms with E-state index in [4.69, 9.17) is 0 Å². The molecule has 0 saturated carbocycles. The van der Waals surface area contributed by atoms with Crippen LogP contribution in [0.4, 0.5) is 4.39 Å². The molecule has 0 spiro atoms. The fraction of sp³-hybridized carbons (Fsp3) is 0.385. The minimum Gasteiger partial charge on any atom is -0.469 e. The van der Waals surface area contributed by atoms with Crippen LogP contribution in [0.15, 0.2) is 24.3 Å². The van der Waals surface area contributed by atoms with Crippen LogP contribution in [-0.4, -0.2) is 26.2 Å². The van der Waals surface area contributed by atoms with Gasteiger partial charge in [-0.3, -0.25) is 9.59 Å². The molecule has 98 valence electrons. The molecule has 0 aliphatic heterocycles. The maximum Gasteiger partial charge on any atom is 0.306 e. The first-order valence-electron chi connectivity index (χ1n) is 5.46. The van der Waals surface area contributed by atoms with E-state index in [-0.39, 0.29) is 24.6 Å². The quantitative estimate of drug-likeness (QED) is 0.754. The van der Waals surface area contributed by atoms with Gasteiger partial charge in [0.25, 0.3) is 0 Å². The molecule has 1 rings (SSSR count). The zero-order valence-corrected chi connectivity index (χ0v) is 10.3. The Morgan fingerprint density at radius 2 is 1.50 bits per heavy atom. The Morgan fingerprint density at radius 3 is 1.89 bits per heavy atom. The van der Waals surface area contributed by atoms with E-state index in [1.807, 2.05) is 0 Å². The van der Waals surface area contributed by atoms with Crippen molar-refractivity contribution >= 4 is 11.9 Å². The molecule has 0 aliphatic carbocycles. The van der Waals surface area contributed by atoms with Crippen LogP contribution >= 0.6 is 0 Å². The lowest BCUT2D eigenvalue weighted by molar-refractivity contribution is -0.143. The van der Waals surface area contributed by atoms with Crippen molar-refractivity contribution in [2.75, 3.05) is 14.2 Å². The summed E-state index contributed by atoms with van der Waals surface area (Å²) < 4.78 is 22.0. The van der Waals surface area contributed by atoms with Gasteiger partial charge in [0.1, 0.15) is 5.82 Å². The highest BCUT2D eigenvalue weighted by molar-refractivity contribution is 5.74. The summed E-state index contributed by atoms with van der Waals surface area (Å²) in [6.07, 6.45) is 0.106. The number of ether oxygens (including phenoxy) is 2. The van der Waals surface area contributed by atoms with E-state index in [0.717, 1.165) is 0 Å². The second-order valence-electron chi connectivity index (χ2n) is 3.81. The topological polar surface area (TPSA) is 52.6 Å². The second-order valence-corrected chi connectivity index (χ2v) is 3.81. The summed E-state index contributed by atoms with van der Waals surface area (Å²) in [6, 6.07) is 5.67. The number of carbonyl (C=O) groups excluding carboxylic acids is 2. The Kier molecular flexibility index (Phi) is 5.30. The third kappa shape index (κ3) is 4.16. The lowest BCUT2D eigenvalue weighted by atomic mass is 9.92. The van der Waals surface area contributed by atoms with Crippen molar-refractivity contribution < 1.29 is 23.5 Å². The van der Waals surface area contributed by atoms with Gasteiger partial charge in [-0.1, -0.05) is 12.1 Å². The summed E-state index contributed by atoms with van der Waals surface area (Å²) in [6.45, 7) is 0. The summed E-state index contributed by atoms with van der Waals surface area (Å²) in [7, 11) is 2.56. The molecule has 0 atom stereocenters. The first kappa shape index (κ1) is 14.2. The first-order chi connectivity index (χ1) is 8.56. The van der Waals surface area contributed by atoms with Crippen LogP contribution in [0.2, 0.25) is 0 Å². The molecule has 0 radical (unpaired) electrons. The van der Waals surface area contributed by atoms with Gasteiger partial charge in [-0.2, -0.15) is 0 Å². The Balaban J connectivity index is 2.85. The van der Waals surface area contributed by atoms with Crippen LogP contribution < -0.4 is 0 Å². The van der Waals surface area contributed by atoms with Crippen molar-refractivity contribution in [3.63, 3.8) is 0 Å². The van der Waals surface area contributed by atoms with Crippen molar-refractivity contribution in [1.29, 1.82) is 0 Å². The zero-order chi connectivity index (χ0) is 13.5. The van der Waals surface area contributed by atoms with Crippen molar-refractivity contribution in [3.05, 3.63) is 35.6 Å². The number of benzene rings is 1. The molecule has 0 bridgehead atoms. The highest BCUT2D eigenvalue weighted by Crippen LogP contribution is 2.24. The van der Waals surface area contributed by atoms with Gasteiger partial charge in [-0.15, -0.1) is 0 Å². The monoisotopic (exact) mass is 254 g/mol. The molecule has 1 aromatic rings. The van der Waals surface area contributed by atoms with Crippen LogP contribution in [-0.2, 0) is 19.1 Å². The lowest BCUT2D eigenvalue weighted by Gasteiger charge is -2.14. The van der Waals surface area contributed by atoms with E-state index in [0.29, 0.717) is 5.56 Å². The van der Waals surface area contributed by atoms with E-state index in [2.05, 4.69) is 9.47 Å². The van der Waals surface area contributed by atoms with E-state index >= 15 is 0 Å². The smallest absolute Gasteiger partial charge is 0.306 e. The summed E-state index contributed by atoms with van der Waals surface area (Å²) in [5, 5.41) is 0. The number of hydrogen-bond acceptors (Lipinski definition) is 4. The van der Waals surface area contributed by atoms with Gasteiger partial charge >= 0.3 is 11.9 Å². The van der Waals surface area contributed by atoms with Gasteiger partial charge in [0.15, 0.2) is 0 Å². The summed E-state index contributed by atoms with van der Waals surface area (Å²) in [4.78, 5) is 22.6. The third-order valence-electron chi connectivity index (χ3n) is 2.62. The Bertz CT molecular complexity index is 396. The molecular weight excluding hydrogens is 239 g/mol. The number of halogens is 1. The molecule has 0 amide bonds. The fourth-order valence-electron chi connectivity index (χ4n) is 1.61. The van der Waals surface area contributed by atoms with Crippen molar-refractivity contribution in [2.45, 2.75) is 18.8 Å². The number of hydrogen-bond donors (Lipinski definition) is 0. The van der Waals surface area contributed by atoms with Gasteiger partial charge in [-0.05, 0) is 17.7 Å². The van der Waals surface area contributed by atoms with Crippen LogP contribution in [0, 0.1) is 5.82 Å². The maximum atomic E-state index is 12.8. The average Bonchev–Trinajstić information content (AvgIpc) is 2.38. The highest BCUT2D eigenvalue weighted by atomic mass is 19.1. The predicted molar refractivity (Wildman–Crippen MR) is 62.4 cm³/mol. The summed E-state index contributed by atoms with van der Waals surface area (Å²) >= 11 is 0. The lowest BCUT2D eigenvalue weighted by Crippen LogP contribution is -2.14. The number of carbonyl (C=O) groups is 2. The van der Waals surface area contributed by atoms with Crippen LogP contribution in [0.1, 0.15) is 24.3 Å². The molecule has 0 heterocycles. The molecule has 0 N–H and O–H groups in total. The molecular formula is C13H15FO4.